The van der Waals surface area contributed by atoms with Crippen LogP contribution in [0.1, 0.15) is 23.3 Å². The summed E-state index contributed by atoms with van der Waals surface area (Å²) in [5, 5.41) is 14.0. The third kappa shape index (κ3) is 5.13. The van der Waals surface area contributed by atoms with Gasteiger partial charge in [-0.3, -0.25) is 9.69 Å². The van der Waals surface area contributed by atoms with Gasteiger partial charge in [0.05, 0.1) is 23.9 Å². The van der Waals surface area contributed by atoms with Gasteiger partial charge in [0, 0.05) is 24.6 Å². The summed E-state index contributed by atoms with van der Waals surface area (Å²) in [5.74, 6) is -0.114. The Bertz CT molecular complexity index is 733. The molecule has 0 radical (unpaired) electrons. The molecule has 1 fully saturated rings. The highest BCUT2D eigenvalue weighted by Crippen LogP contribution is 2.18. The van der Waals surface area contributed by atoms with E-state index in [1.54, 1.807) is 29.5 Å². The number of anilines is 1. The van der Waals surface area contributed by atoms with Crippen molar-refractivity contribution in [3.63, 3.8) is 0 Å². The van der Waals surface area contributed by atoms with E-state index in [2.05, 4.69) is 22.4 Å². The van der Waals surface area contributed by atoms with Crippen LogP contribution in [0.5, 0.6) is 0 Å². The van der Waals surface area contributed by atoms with E-state index >= 15 is 0 Å². The second-order valence-electron chi connectivity index (χ2n) is 6.09. The smallest absolute Gasteiger partial charge is 0.238 e. The van der Waals surface area contributed by atoms with Gasteiger partial charge in [-0.05, 0) is 36.4 Å². The number of nitriles is 1. The van der Waals surface area contributed by atoms with E-state index in [4.69, 9.17) is 10.00 Å². The highest BCUT2D eigenvalue weighted by molar-refractivity contribution is 7.09. The van der Waals surface area contributed by atoms with E-state index in [1.807, 2.05) is 17.5 Å². The molecule has 2 aromatic rings. The molecule has 1 saturated heterocycles. The van der Waals surface area contributed by atoms with E-state index < -0.39 is 0 Å². The van der Waals surface area contributed by atoms with Crippen molar-refractivity contribution in [3.8, 4) is 6.07 Å². The highest BCUT2D eigenvalue weighted by atomic mass is 32.1. The van der Waals surface area contributed by atoms with Gasteiger partial charge >= 0.3 is 0 Å². The van der Waals surface area contributed by atoms with Crippen LogP contribution in [-0.4, -0.2) is 36.6 Å². The molecule has 1 aliphatic rings. The van der Waals surface area contributed by atoms with Gasteiger partial charge in [-0.15, -0.1) is 11.3 Å². The first-order valence-electron chi connectivity index (χ1n) is 8.40. The summed E-state index contributed by atoms with van der Waals surface area (Å²) in [6.07, 6.45) is 2.32. The average molecular weight is 355 g/mol. The number of amides is 1. The minimum absolute atomic E-state index is 0.114. The van der Waals surface area contributed by atoms with Crippen LogP contribution in [0.25, 0.3) is 0 Å². The van der Waals surface area contributed by atoms with Crippen molar-refractivity contribution in [1.29, 1.82) is 5.26 Å². The second-order valence-corrected chi connectivity index (χ2v) is 7.12. The molecule has 1 atom stereocenters. The Morgan fingerprint density at radius 1 is 1.36 bits per heavy atom. The van der Waals surface area contributed by atoms with Crippen molar-refractivity contribution in [2.45, 2.75) is 25.5 Å². The molecule has 130 valence electrons. The van der Waals surface area contributed by atoms with Gasteiger partial charge in [-0.1, -0.05) is 18.2 Å². The summed E-state index contributed by atoms with van der Waals surface area (Å²) in [6, 6.07) is 13.3. The molecule has 1 aromatic carbocycles. The van der Waals surface area contributed by atoms with Gasteiger partial charge in [-0.25, -0.2) is 0 Å². The number of hydrogen-bond donors (Lipinski definition) is 1. The van der Waals surface area contributed by atoms with Crippen LogP contribution >= 0.6 is 11.3 Å². The topological polar surface area (TPSA) is 65.4 Å². The van der Waals surface area contributed by atoms with Gasteiger partial charge in [0.2, 0.25) is 5.91 Å². The quantitative estimate of drug-likeness (QED) is 0.828. The van der Waals surface area contributed by atoms with E-state index in [0.29, 0.717) is 11.3 Å². The Hall–Kier alpha value is -2.20. The van der Waals surface area contributed by atoms with E-state index in [-0.39, 0.29) is 18.6 Å². The Morgan fingerprint density at radius 3 is 2.96 bits per heavy atom. The Labute approximate surface area is 151 Å². The number of thiophene rings is 1. The molecule has 1 N–H and O–H groups in total. The lowest BCUT2D eigenvalue weighted by atomic mass is 10.2. The maximum Gasteiger partial charge on any atom is 0.238 e. The molecular weight excluding hydrogens is 334 g/mol. The van der Waals surface area contributed by atoms with Crippen LogP contribution in [-0.2, 0) is 16.1 Å². The number of carbonyl (C=O) groups excluding carboxylic acids is 1. The Kier molecular flexibility index (Phi) is 6.18. The van der Waals surface area contributed by atoms with Crippen molar-refractivity contribution < 1.29 is 9.53 Å². The largest absolute Gasteiger partial charge is 0.377 e. The highest BCUT2D eigenvalue weighted by Gasteiger charge is 2.21. The minimum atomic E-state index is -0.114. The summed E-state index contributed by atoms with van der Waals surface area (Å²) < 4.78 is 5.73. The number of nitrogens with zero attached hydrogens (tertiary/aromatic N) is 2. The van der Waals surface area contributed by atoms with E-state index in [9.17, 15) is 4.79 Å². The molecular formula is C19H21N3O2S. The third-order valence-corrected chi connectivity index (χ3v) is 5.00. The van der Waals surface area contributed by atoms with Crippen LogP contribution < -0.4 is 5.32 Å². The number of hydrogen-bond acceptors (Lipinski definition) is 5. The molecule has 0 unspecified atom stereocenters. The predicted octanol–water partition coefficient (Wildman–Crippen LogP) is 3.24. The van der Waals surface area contributed by atoms with Gasteiger partial charge in [0.1, 0.15) is 6.07 Å². The zero-order valence-electron chi connectivity index (χ0n) is 14.0. The van der Waals surface area contributed by atoms with Gasteiger partial charge in [0.25, 0.3) is 0 Å². The number of rotatable bonds is 7. The maximum atomic E-state index is 12.5. The lowest BCUT2D eigenvalue weighted by Crippen LogP contribution is -2.37. The first kappa shape index (κ1) is 17.6. The van der Waals surface area contributed by atoms with Gasteiger partial charge < -0.3 is 10.1 Å². The monoisotopic (exact) mass is 355 g/mol. The summed E-state index contributed by atoms with van der Waals surface area (Å²) in [6.45, 7) is 2.55. The van der Waals surface area contributed by atoms with Crippen LogP contribution in [0.3, 0.4) is 0 Å². The Morgan fingerprint density at radius 2 is 2.24 bits per heavy atom. The molecule has 2 heterocycles. The molecule has 1 aromatic heterocycles. The van der Waals surface area contributed by atoms with Crippen molar-refractivity contribution >= 4 is 22.9 Å². The molecule has 1 amide bonds. The molecule has 25 heavy (non-hydrogen) atoms. The molecule has 0 saturated carbocycles. The fourth-order valence-electron chi connectivity index (χ4n) is 2.97. The van der Waals surface area contributed by atoms with Gasteiger partial charge in [0.15, 0.2) is 0 Å². The second kappa shape index (κ2) is 8.77. The fourth-order valence-corrected chi connectivity index (χ4v) is 3.71. The number of para-hydroxylation sites is 1. The molecule has 6 heteroatoms. The van der Waals surface area contributed by atoms with Crippen molar-refractivity contribution in [2.24, 2.45) is 0 Å². The first-order chi connectivity index (χ1) is 12.2. The molecule has 0 aliphatic carbocycles. The number of nitrogens with one attached hydrogen (secondary N) is 1. The molecule has 3 rings (SSSR count). The summed E-state index contributed by atoms with van der Waals surface area (Å²) in [5.41, 5.74) is 1.03. The summed E-state index contributed by atoms with van der Waals surface area (Å²) in [7, 11) is 0. The zero-order chi connectivity index (χ0) is 17.5. The summed E-state index contributed by atoms with van der Waals surface area (Å²) in [4.78, 5) is 15.8. The lowest BCUT2D eigenvalue weighted by molar-refractivity contribution is -0.117. The maximum absolute atomic E-state index is 12.5. The van der Waals surface area contributed by atoms with E-state index in [0.717, 1.165) is 32.5 Å². The lowest BCUT2D eigenvalue weighted by Gasteiger charge is -2.24. The fraction of sp³-hybridized carbons (Fsp3) is 0.368. The van der Waals surface area contributed by atoms with Crippen LogP contribution in [0, 0.1) is 11.3 Å². The van der Waals surface area contributed by atoms with Crippen molar-refractivity contribution in [1.82, 2.24) is 4.90 Å². The van der Waals surface area contributed by atoms with Crippen molar-refractivity contribution in [2.75, 3.05) is 25.0 Å². The molecule has 1 aliphatic heterocycles. The van der Waals surface area contributed by atoms with E-state index in [1.165, 1.54) is 4.88 Å². The van der Waals surface area contributed by atoms with Crippen LogP contribution in [0.4, 0.5) is 5.69 Å². The third-order valence-electron chi connectivity index (χ3n) is 4.13. The molecule has 0 spiro atoms. The minimum Gasteiger partial charge on any atom is -0.377 e. The van der Waals surface area contributed by atoms with Crippen LogP contribution in [0.2, 0.25) is 0 Å². The SMILES string of the molecule is N#Cc1ccccc1NC(=O)CN(Cc1cccs1)C[C@H]1CCCO1. The average Bonchev–Trinajstić information content (AvgIpc) is 3.29. The molecule has 0 bridgehead atoms. The Balaban J connectivity index is 1.63. The number of ether oxygens (including phenoxy) is 1. The summed E-state index contributed by atoms with van der Waals surface area (Å²) >= 11 is 1.69. The van der Waals surface area contributed by atoms with Crippen molar-refractivity contribution in [3.05, 3.63) is 52.2 Å². The predicted molar refractivity (Wildman–Crippen MR) is 98.4 cm³/mol. The normalized spacial score (nSPS) is 16.7. The molecule has 5 nitrogen and oxygen atoms in total. The van der Waals surface area contributed by atoms with Gasteiger partial charge in [-0.2, -0.15) is 5.26 Å². The number of benzene rings is 1. The first-order valence-corrected chi connectivity index (χ1v) is 9.28. The number of carbonyl (C=O) groups is 1. The standard InChI is InChI=1S/C19H21N3O2S/c20-11-15-5-1-2-8-18(15)21-19(23)14-22(12-16-6-3-9-24-16)13-17-7-4-10-25-17/h1-2,4-5,7-8,10,16H,3,6,9,12-14H2,(H,21,23)/t16-/m1/s1. The van der Waals surface area contributed by atoms with Crippen LogP contribution in [0.15, 0.2) is 41.8 Å². The zero-order valence-corrected chi connectivity index (χ0v) is 14.8.